The summed E-state index contributed by atoms with van der Waals surface area (Å²) < 4.78 is 0. The average Bonchev–Trinajstić information content (AvgIpc) is 2.86. The fourth-order valence-electron chi connectivity index (χ4n) is 2.32. The maximum atomic E-state index is 12.3. The minimum absolute atomic E-state index is 0.351. The van der Waals surface area contributed by atoms with Crippen LogP contribution in [0.25, 0.3) is 0 Å². The topological polar surface area (TPSA) is 69.6 Å². The molecule has 0 aliphatic carbocycles. The lowest BCUT2D eigenvalue weighted by Crippen LogP contribution is -2.48. The lowest BCUT2D eigenvalue weighted by atomic mass is 10.1. The van der Waals surface area contributed by atoms with Crippen molar-refractivity contribution >= 4 is 29.4 Å². The number of aliphatic carboxylic acids is 1. The fourth-order valence-corrected chi connectivity index (χ4v) is 2.90. The van der Waals surface area contributed by atoms with Crippen molar-refractivity contribution in [2.75, 3.05) is 23.0 Å². The highest BCUT2D eigenvalue weighted by atomic mass is 32.2. The number of rotatable bonds is 6. The third-order valence-corrected chi connectivity index (χ3v) is 4.20. The van der Waals surface area contributed by atoms with Gasteiger partial charge in [0.1, 0.15) is 6.04 Å². The van der Waals surface area contributed by atoms with Crippen LogP contribution >= 0.6 is 11.8 Å². The van der Waals surface area contributed by atoms with Crippen molar-refractivity contribution in [3.8, 4) is 0 Å². The zero-order chi connectivity index (χ0) is 15.2. The summed E-state index contributed by atoms with van der Waals surface area (Å²) in [4.78, 5) is 25.0. The van der Waals surface area contributed by atoms with Gasteiger partial charge in [0, 0.05) is 30.2 Å². The minimum Gasteiger partial charge on any atom is -0.480 e. The highest BCUT2D eigenvalue weighted by Crippen LogP contribution is 2.32. The van der Waals surface area contributed by atoms with Crippen LogP contribution < -0.4 is 10.2 Å². The number of carboxylic acids is 1. The van der Waals surface area contributed by atoms with Gasteiger partial charge in [0.15, 0.2) is 0 Å². The van der Waals surface area contributed by atoms with E-state index in [9.17, 15) is 14.7 Å². The van der Waals surface area contributed by atoms with E-state index in [0.717, 1.165) is 17.1 Å². The van der Waals surface area contributed by atoms with Crippen LogP contribution in [0.4, 0.5) is 10.5 Å². The number of nitrogens with zero attached hydrogens (tertiary/aromatic N) is 1. The molecule has 0 spiro atoms. The van der Waals surface area contributed by atoms with E-state index in [4.69, 9.17) is 0 Å². The van der Waals surface area contributed by atoms with Gasteiger partial charge < -0.3 is 10.4 Å². The molecule has 1 aliphatic heterocycles. The van der Waals surface area contributed by atoms with E-state index in [1.165, 1.54) is 4.90 Å². The first-order valence-electron chi connectivity index (χ1n) is 6.71. The van der Waals surface area contributed by atoms with Gasteiger partial charge in [0.05, 0.1) is 0 Å². The quantitative estimate of drug-likeness (QED) is 0.624. The molecule has 2 N–H and O–H groups in total. The summed E-state index contributed by atoms with van der Waals surface area (Å²) in [6.07, 6.45) is 2.16. The van der Waals surface area contributed by atoms with E-state index >= 15 is 0 Å². The maximum Gasteiger partial charge on any atom is 0.327 e. The molecule has 1 aliphatic rings. The van der Waals surface area contributed by atoms with Gasteiger partial charge in [-0.15, -0.1) is 6.58 Å². The number of carbonyl (C=O) groups is 2. The summed E-state index contributed by atoms with van der Waals surface area (Å²) in [6, 6.07) is 6.12. The van der Waals surface area contributed by atoms with Crippen LogP contribution in [0.15, 0.2) is 36.9 Å². The highest BCUT2D eigenvalue weighted by molar-refractivity contribution is 7.99. The Bertz CT molecular complexity index is 547. The van der Waals surface area contributed by atoms with Gasteiger partial charge in [-0.3, -0.25) is 4.90 Å². The van der Waals surface area contributed by atoms with E-state index in [-0.39, 0.29) is 6.03 Å². The Morgan fingerprint density at radius 3 is 2.95 bits per heavy atom. The second-order valence-electron chi connectivity index (χ2n) is 4.65. The number of benzene rings is 1. The third-order valence-electron chi connectivity index (χ3n) is 3.24. The predicted molar refractivity (Wildman–Crippen MR) is 85.0 cm³/mol. The number of anilines is 1. The molecule has 0 bridgehead atoms. The Kier molecular flexibility index (Phi) is 5.27. The number of fused-ring (bicyclic) bond motifs is 1. The van der Waals surface area contributed by atoms with Gasteiger partial charge in [-0.05, 0) is 11.6 Å². The summed E-state index contributed by atoms with van der Waals surface area (Å²) in [5.41, 5.74) is 1.57. The van der Waals surface area contributed by atoms with Crippen molar-refractivity contribution in [3.05, 3.63) is 42.5 Å². The lowest BCUT2D eigenvalue weighted by Gasteiger charge is -2.22. The van der Waals surface area contributed by atoms with Crippen LogP contribution in [0, 0.1) is 0 Å². The second-order valence-corrected chi connectivity index (χ2v) is 5.80. The number of nitrogens with one attached hydrogen (secondary N) is 1. The van der Waals surface area contributed by atoms with E-state index in [1.807, 2.05) is 24.3 Å². The molecule has 6 heteroatoms. The van der Waals surface area contributed by atoms with E-state index in [0.29, 0.717) is 18.7 Å². The Hall–Kier alpha value is -1.95. The SMILES string of the molecule is C=CCSCCNC(=O)N1c2ccccc2CC1C(=O)O. The molecule has 1 aromatic rings. The molecular weight excluding hydrogens is 288 g/mol. The monoisotopic (exact) mass is 306 g/mol. The van der Waals surface area contributed by atoms with Crippen molar-refractivity contribution in [3.63, 3.8) is 0 Å². The molecule has 2 rings (SSSR count). The summed E-state index contributed by atoms with van der Waals surface area (Å²) in [7, 11) is 0. The average molecular weight is 306 g/mol. The fraction of sp³-hybridized carbons (Fsp3) is 0.333. The van der Waals surface area contributed by atoms with Crippen LogP contribution in [-0.4, -0.2) is 41.2 Å². The highest BCUT2D eigenvalue weighted by Gasteiger charge is 2.38. The van der Waals surface area contributed by atoms with Gasteiger partial charge in [-0.2, -0.15) is 11.8 Å². The summed E-state index contributed by atoms with van der Waals surface area (Å²) >= 11 is 1.66. The number of urea groups is 1. The van der Waals surface area contributed by atoms with Crippen molar-refractivity contribution in [2.45, 2.75) is 12.5 Å². The van der Waals surface area contributed by atoms with E-state index in [1.54, 1.807) is 17.8 Å². The number of carboxylic acid groups (broad SMARTS) is 1. The molecule has 1 unspecified atom stereocenters. The molecule has 1 atom stereocenters. The molecule has 2 amide bonds. The van der Waals surface area contributed by atoms with Gasteiger partial charge >= 0.3 is 12.0 Å². The summed E-state index contributed by atoms with van der Waals surface area (Å²) in [5.74, 6) is 0.618. The number of thioether (sulfide) groups is 1. The van der Waals surface area contributed by atoms with E-state index < -0.39 is 12.0 Å². The van der Waals surface area contributed by atoms with Crippen LogP contribution in [0.2, 0.25) is 0 Å². The number of carbonyl (C=O) groups excluding carboxylic acids is 1. The van der Waals surface area contributed by atoms with Crippen LogP contribution in [0.5, 0.6) is 0 Å². The molecule has 1 aromatic carbocycles. The molecule has 112 valence electrons. The summed E-state index contributed by atoms with van der Waals surface area (Å²) in [6.45, 7) is 4.13. The Labute approximate surface area is 128 Å². The molecule has 0 fully saturated rings. The van der Waals surface area contributed by atoms with Crippen molar-refractivity contribution in [1.82, 2.24) is 5.32 Å². The number of para-hydroxylation sites is 1. The van der Waals surface area contributed by atoms with Crippen LogP contribution in [0.1, 0.15) is 5.56 Å². The molecule has 1 heterocycles. The Balaban J connectivity index is 2.02. The minimum atomic E-state index is -0.984. The largest absolute Gasteiger partial charge is 0.480 e. The second kappa shape index (κ2) is 7.17. The third kappa shape index (κ3) is 3.58. The van der Waals surface area contributed by atoms with Crippen molar-refractivity contribution in [1.29, 1.82) is 0 Å². The smallest absolute Gasteiger partial charge is 0.327 e. The number of hydrogen-bond donors (Lipinski definition) is 2. The first-order valence-corrected chi connectivity index (χ1v) is 7.87. The number of hydrogen-bond acceptors (Lipinski definition) is 3. The normalized spacial score (nSPS) is 16.4. The molecule has 5 nitrogen and oxygen atoms in total. The molecule has 0 radical (unpaired) electrons. The lowest BCUT2D eigenvalue weighted by molar-refractivity contribution is -0.138. The van der Waals surface area contributed by atoms with Crippen molar-refractivity contribution < 1.29 is 14.7 Å². The molecule has 0 saturated heterocycles. The number of amides is 2. The Morgan fingerprint density at radius 1 is 1.48 bits per heavy atom. The van der Waals surface area contributed by atoms with Gasteiger partial charge in [-0.25, -0.2) is 9.59 Å². The zero-order valence-corrected chi connectivity index (χ0v) is 12.4. The maximum absolute atomic E-state index is 12.3. The van der Waals surface area contributed by atoms with Gasteiger partial charge in [0.25, 0.3) is 0 Å². The molecule has 0 aromatic heterocycles. The van der Waals surface area contributed by atoms with Gasteiger partial charge in [-0.1, -0.05) is 24.3 Å². The first kappa shape index (κ1) is 15.4. The predicted octanol–water partition coefficient (Wildman–Crippen LogP) is 2.13. The first-order chi connectivity index (χ1) is 10.1. The molecular formula is C15H18N2O3S. The summed E-state index contributed by atoms with van der Waals surface area (Å²) in [5, 5.41) is 12.1. The molecule has 0 saturated carbocycles. The molecule has 21 heavy (non-hydrogen) atoms. The Morgan fingerprint density at radius 2 is 2.24 bits per heavy atom. The van der Waals surface area contributed by atoms with Crippen LogP contribution in [0.3, 0.4) is 0 Å². The van der Waals surface area contributed by atoms with Crippen molar-refractivity contribution in [2.24, 2.45) is 0 Å². The van der Waals surface area contributed by atoms with E-state index in [2.05, 4.69) is 11.9 Å². The van der Waals surface area contributed by atoms with Crippen LogP contribution in [-0.2, 0) is 11.2 Å². The zero-order valence-electron chi connectivity index (χ0n) is 11.6. The standard InChI is InChI=1S/C15H18N2O3S/c1-2-8-21-9-7-16-15(20)17-12-6-4-3-5-11(12)10-13(17)14(18)19/h2-6,13H,1,7-10H2,(H,16,20)(H,18,19). The van der Waals surface area contributed by atoms with Gasteiger partial charge in [0.2, 0.25) is 0 Å².